The van der Waals surface area contributed by atoms with Crippen molar-refractivity contribution in [2.45, 2.75) is 51.1 Å². The van der Waals surface area contributed by atoms with Crippen LogP contribution in [0, 0.1) is 0 Å². The number of nitrogens with zero attached hydrogens (tertiary/aromatic N) is 3. The Labute approximate surface area is 110 Å². The molecule has 4 heteroatoms. The third-order valence-corrected chi connectivity index (χ3v) is 4.49. The zero-order chi connectivity index (χ0) is 13.2. The van der Waals surface area contributed by atoms with Gasteiger partial charge in [-0.15, -0.1) is 0 Å². The van der Waals surface area contributed by atoms with Crippen molar-refractivity contribution < 1.29 is 0 Å². The molecule has 1 fully saturated rings. The van der Waals surface area contributed by atoms with E-state index in [-0.39, 0.29) is 11.6 Å². The van der Waals surface area contributed by atoms with E-state index in [9.17, 15) is 0 Å². The second-order valence-electron chi connectivity index (χ2n) is 5.37. The first-order chi connectivity index (χ1) is 8.64. The van der Waals surface area contributed by atoms with Crippen molar-refractivity contribution in [2.75, 3.05) is 13.1 Å². The Balaban J connectivity index is 2.29. The number of rotatable bonds is 5. The summed E-state index contributed by atoms with van der Waals surface area (Å²) in [4.78, 5) is 2.54. The lowest BCUT2D eigenvalue weighted by Gasteiger charge is -2.44. The van der Waals surface area contributed by atoms with E-state index in [4.69, 9.17) is 5.73 Å². The smallest absolute Gasteiger partial charge is 0.0810 e. The van der Waals surface area contributed by atoms with Crippen molar-refractivity contribution in [3.8, 4) is 0 Å². The fourth-order valence-corrected chi connectivity index (χ4v) is 3.54. The first-order valence-corrected chi connectivity index (χ1v) is 7.14. The summed E-state index contributed by atoms with van der Waals surface area (Å²) in [5.41, 5.74) is 7.74. The molecule has 1 heterocycles. The molecule has 2 N–H and O–H groups in total. The van der Waals surface area contributed by atoms with E-state index in [1.165, 1.54) is 25.7 Å². The van der Waals surface area contributed by atoms with Crippen LogP contribution in [0.1, 0.15) is 51.3 Å². The molecule has 18 heavy (non-hydrogen) atoms. The predicted molar refractivity (Wildman–Crippen MR) is 74.3 cm³/mol. The number of aromatic nitrogens is 2. The Kier molecular flexibility index (Phi) is 4.07. The van der Waals surface area contributed by atoms with Gasteiger partial charge < -0.3 is 5.73 Å². The molecule has 0 bridgehead atoms. The third kappa shape index (κ3) is 2.19. The van der Waals surface area contributed by atoms with Gasteiger partial charge in [-0.3, -0.25) is 9.58 Å². The number of hydrogen-bond acceptors (Lipinski definition) is 3. The highest BCUT2D eigenvalue weighted by Crippen LogP contribution is 2.42. The van der Waals surface area contributed by atoms with Crippen LogP contribution in [-0.2, 0) is 7.05 Å². The molecule has 1 unspecified atom stereocenters. The normalized spacial score (nSPS) is 20.5. The molecule has 0 amide bonds. The number of nitrogens with two attached hydrogens (primary N) is 1. The fourth-order valence-electron chi connectivity index (χ4n) is 3.54. The van der Waals surface area contributed by atoms with E-state index < -0.39 is 0 Å². The predicted octanol–water partition coefficient (Wildman–Crippen LogP) is 2.07. The fraction of sp³-hybridized carbons (Fsp3) is 0.786. The molecule has 1 aliphatic carbocycles. The number of hydrogen-bond donors (Lipinski definition) is 1. The molecular weight excluding hydrogens is 224 g/mol. The second kappa shape index (κ2) is 5.41. The SMILES string of the molecule is CCN(CC)C1(C(N)c2ccn(C)n2)CCCC1. The molecule has 4 nitrogen and oxygen atoms in total. The summed E-state index contributed by atoms with van der Waals surface area (Å²) in [5, 5.41) is 4.52. The molecule has 1 saturated carbocycles. The molecule has 102 valence electrons. The van der Waals surface area contributed by atoms with Crippen LogP contribution in [-0.4, -0.2) is 33.3 Å². The van der Waals surface area contributed by atoms with Gasteiger partial charge in [0.25, 0.3) is 0 Å². The molecule has 1 aliphatic rings. The van der Waals surface area contributed by atoms with Crippen molar-refractivity contribution in [1.29, 1.82) is 0 Å². The number of aryl methyl sites for hydroxylation is 1. The highest BCUT2D eigenvalue weighted by atomic mass is 15.3. The minimum atomic E-state index is 0.0288. The summed E-state index contributed by atoms with van der Waals surface area (Å²) >= 11 is 0. The van der Waals surface area contributed by atoms with Crippen molar-refractivity contribution in [1.82, 2.24) is 14.7 Å². The van der Waals surface area contributed by atoms with Gasteiger partial charge >= 0.3 is 0 Å². The van der Waals surface area contributed by atoms with Gasteiger partial charge in [0.2, 0.25) is 0 Å². The van der Waals surface area contributed by atoms with Crippen LogP contribution in [0.3, 0.4) is 0 Å². The topological polar surface area (TPSA) is 47.1 Å². The first-order valence-electron chi connectivity index (χ1n) is 7.14. The van der Waals surface area contributed by atoms with Crippen LogP contribution in [0.5, 0.6) is 0 Å². The van der Waals surface area contributed by atoms with Gasteiger partial charge in [-0.2, -0.15) is 5.10 Å². The van der Waals surface area contributed by atoms with Crippen LogP contribution < -0.4 is 5.73 Å². The highest BCUT2D eigenvalue weighted by molar-refractivity contribution is 5.15. The van der Waals surface area contributed by atoms with Crippen molar-refractivity contribution in [3.05, 3.63) is 18.0 Å². The van der Waals surface area contributed by atoms with Gasteiger partial charge in [-0.05, 0) is 32.0 Å². The molecule has 0 aromatic carbocycles. The summed E-state index contributed by atoms with van der Waals surface area (Å²) in [5.74, 6) is 0. The Morgan fingerprint density at radius 3 is 2.44 bits per heavy atom. The zero-order valence-electron chi connectivity index (χ0n) is 11.9. The van der Waals surface area contributed by atoms with Crippen LogP contribution in [0.25, 0.3) is 0 Å². The van der Waals surface area contributed by atoms with Crippen LogP contribution in [0.2, 0.25) is 0 Å². The lowest BCUT2D eigenvalue weighted by Crippen LogP contribution is -2.53. The quantitative estimate of drug-likeness (QED) is 0.870. The van der Waals surface area contributed by atoms with E-state index in [0.29, 0.717) is 0 Å². The van der Waals surface area contributed by atoms with Crippen molar-refractivity contribution >= 4 is 0 Å². The molecular formula is C14H26N4. The van der Waals surface area contributed by atoms with Gasteiger partial charge in [0.15, 0.2) is 0 Å². The summed E-state index contributed by atoms with van der Waals surface area (Å²) in [6.07, 6.45) is 6.97. The maximum Gasteiger partial charge on any atom is 0.0810 e. The summed E-state index contributed by atoms with van der Waals surface area (Å²) in [6.45, 7) is 6.59. The Morgan fingerprint density at radius 1 is 1.39 bits per heavy atom. The van der Waals surface area contributed by atoms with E-state index in [2.05, 4.69) is 29.9 Å². The molecule has 1 aromatic heterocycles. The Hall–Kier alpha value is -0.870. The van der Waals surface area contributed by atoms with E-state index in [1.54, 1.807) is 0 Å². The monoisotopic (exact) mass is 250 g/mol. The van der Waals surface area contributed by atoms with Crippen LogP contribution in [0.4, 0.5) is 0 Å². The van der Waals surface area contributed by atoms with Gasteiger partial charge in [-0.25, -0.2) is 0 Å². The molecule has 1 atom stereocenters. The van der Waals surface area contributed by atoms with E-state index in [0.717, 1.165) is 18.8 Å². The summed E-state index contributed by atoms with van der Waals surface area (Å²) in [7, 11) is 1.95. The average molecular weight is 250 g/mol. The third-order valence-electron chi connectivity index (χ3n) is 4.49. The molecule has 0 radical (unpaired) electrons. The first kappa shape index (κ1) is 13.6. The average Bonchev–Trinajstić information content (AvgIpc) is 3.00. The largest absolute Gasteiger partial charge is 0.321 e. The maximum absolute atomic E-state index is 6.58. The Bertz CT molecular complexity index is 375. The highest BCUT2D eigenvalue weighted by Gasteiger charge is 2.44. The zero-order valence-corrected chi connectivity index (χ0v) is 11.9. The van der Waals surface area contributed by atoms with Gasteiger partial charge in [0.05, 0.1) is 11.7 Å². The van der Waals surface area contributed by atoms with Gasteiger partial charge in [-0.1, -0.05) is 26.7 Å². The van der Waals surface area contributed by atoms with Crippen molar-refractivity contribution in [2.24, 2.45) is 12.8 Å². The van der Waals surface area contributed by atoms with E-state index >= 15 is 0 Å². The molecule has 2 rings (SSSR count). The molecule has 1 aromatic rings. The second-order valence-corrected chi connectivity index (χ2v) is 5.37. The van der Waals surface area contributed by atoms with Gasteiger partial charge in [0, 0.05) is 18.8 Å². The lowest BCUT2D eigenvalue weighted by molar-refractivity contribution is 0.0754. The molecule has 0 aliphatic heterocycles. The van der Waals surface area contributed by atoms with Gasteiger partial charge in [0.1, 0.15) is 0 Å². The van der Waals surface area contributed by atoms with E-state index in [1.807, 2.05) is 17.9 Å². The Morgan fingerprint density at radius 2 is 2.00 bits per heavy atom. The molecule has 0 spiro atoms. The minimum absolute atomic E-state index is 0.0288. The lowest BCUT2D eigenvalue weighted by atomic mass is 9.84. The van der Waals surface area contributed by atoms with Crippen LogP contribution in [0.15, 0.2) is 12.3 Å². The molecule has 0 saturated heterocycles. The summed E-state index contributed by atoms with van der Waals surface area (Å²) < 4.78 is 1.85. The maximum atomic E-state index is 6.58. The van der Waals surface area contributed by atoms with Crippen molar-refractivity contribution in [3.63, 3.8) is 0 Å². The van der Waals surface area contributed by atoms with Crippen LogP contribution >= 0.6 is 0 Å². The minimum Gasteiger partial charge on any atom is -0.321 e. The standard InChI is InChI=1S/C14H26N4/c1-4-18(5-2)14(9-6-7-10-14)13(15)12-8-11-17(3)16-12/h8,11,13H,4-7,9-10,15H2,1-3H3. The summed E-state index contributed by atoms with van der Waals surface area (Å²) in [6, 6.07) is 2.09. The number of likely N-dealkylation sites (N-methyl/N-ethyl adjacent to an activating group) is 1.